The molecule has 6 nitrogen and oxygen atoms in total. The van der Waals surface area contributed by atoms with Crippen LogP contribution in [0.1, 0.15) is 57.8 Å². The quantitative estimate of drug-likeness (QED) is 0.618. The molecular weight excluding hydrogens is 404 g/mol. The van der Waals surface area contributed by atoms with Crippen LogP contribution in [0, 0.1) is 5.41 Å². The Morgan fingerprint density at radius 2 is 1.75 bits per heavy atom. The zero-order valence-electron chi connectivity index (χ0n) is 18.2. The third-order valence-electron chi connectivity index (χ3n) is 5.56. The number of aromatic nitrogens is 1. The number of amides is 1. The third-order valence-corrected chi connectivity index (χ3v) is 5.56. The summed E-state index contributed by atoms with van der Waals surface area (Å²) in [5.41, 5.74) is 2.22. The predicted molar refractivity (Wildman–Crippen MR) is 122 cm³/mol. The lowest BCUT2D eigenvalue weighted by Crippen LogP contribution is -2.34. The number of rotatable bonds is 6. The molecule has 0 atom stereocenters. The van der Waals surface area contributed by atoms with E-state index in [-0.39, 0.29) is 23.3 Å². The maximum Gasteiger partial charge on any atom is 0.261 e. The summed E-state index contributed by atoms with van der Waals surface area (Å²) in [7, 11) is 0. The summed E-state index contributed by atoms with van der Waals surface area (Å²) in [5, 5.41) is 2.77. The van der Waals surface area contributed by atoms with Crippen molar-refractivity contribution in [2.24, 2.45) is 5.41 Å². The van der Waals surface area contributed by atoms with Crippen LogP contribution in [0.4, 0.5) is 0 Å². The zero-order valence-corrected chi connectivity index (χ0v) is 18.2. The van der Waals surface area contributed by atoms with Gasteiger partial charge in [0.15, 0.2) is 5.78 Å². The average Bonchev–Trinajstić information content (AvgIpc) is 2.76. The number of ether oxygens (including phenoxy) is 1. The maximum atomic E-state index is 12.7. The molecule has 0 bridgehead atoms. The highest BCUT2D eigenvalue weighted by atomic mass is 16.5. The van der Waals surface area contributed by atoms with E-state index in [0.29, 0.717) is 36.5 Å². The van der Waals surface area contributed by atoms with Crippen molar-refractivity contribution in [2.45, 2.75) is 39.8 Å². The van der Waals surface area contributed by atoms with Crippen LogP contribution in [0.5, 0.6) is 5.75 Å². The standard InChI is InChI=1S/C26H26N2O4/c1-26(2)13-22-20(23(29)14-26)12-21(25(31)28-22)24(30)27-15-18-9-6-10-19(11-18)32-16-17-7-4-3-5-8-17/h3-12H,13-16H2,1-2H3,(H,27,30)(H,28,31). The summed E-state index contributed by atoms with van der Waals surface area (Å²) in [4.78, 5) is 40.4. The van der Waals surface area contributed by atoms with E-state index < -0.39 is 11.5 Å². The molecule has 4 rings (SSSR count). The average molecular weight is 431 g/mol. The van der Waals surface area contributed by atoms with Crippen molar-refractivity contribution < 1.29 is 14.3 Å². The predicted octanol–water partition coefficient (Wildman–Crippen LogP) is 4.04. The van der Waals surface area contributed by atoms with Gasteiger partial charge in [0.05, 0.1) is 0 Å². The van der Waals surface area contributed by atoms with E-state index in [4.69, 9.17) is 4.74 Å². The molecule has 2 N–H and O–H groups in total. The molecule has 0 aliphatic heterocycles. The van der Waals surface area contributed by atoms with Gasteiger partial charge in [-0.1, -0.05) is 56.3 Å². The van der Waals surface area contributed by atoms with Crippen molar-refractivity contribution in [3.05, 3.63) is 99.0 Å². The number of hydrogen-bond acceptors (Lipinski definition) is 4. The molecule has 0 unspecified atom stereocenters. The van der Waals surface area contributed by atoms with Crippen LogP contribution >= 0.6 is 0 Å². The summed E-state index contributed by atoms with van der Waals surface area (Å²) in [6.07, 6.45) is 0.990. The fraction of sp³-hybridized carbons (Fsp3) is 0.269. The third kappa shape index (κ3) is 4.97. The van der Waals surface area contributed by atoms with Crippen LogP contribution < -0.4 is 15.6 Å². The fourth-order valence-corrected chi connectivity index (χ4v) is 3.96. The first-order valence-electron chi connectivity index (χ1n) is 10.6. The number of benzene rings is 2. The first-order valence-corrected chi connectivity index (χ1v) is 10.6. The van der Waals surface area contributed by atoms with E-state index in [1.165, 1.54) is 6.07 Å². The lowest BCUT2D eigenvalue weighted by molar-refractivity contribution is 0.0910. The van der Waals surface area contributed by atoms with Gasteiger partial charge in [-0.25, -0.2) is 0 Å². The first-order chi connectivity index (χ1) is 15.3. The van der Waals surface area contributed by atoms with Crippen molar-refractivity contribution in [3.63, 3.8) is 0 Å². The fourth-order valence-electron chi connectivity index (χ4n) is 3.96. The molecule has 1 heterocycles. The number of carbonyl (C=O) groups excluding carboxylic acids is 2. The SMILES string of the molecule is CC1(C)CC(=O)c2cc(C(=O)NCc3cccc(OCc4ccccc4)c3)c(=O)[nH]c2C1. The van der Waals surface area contributed by atoms with E-state index >= 15 is 0 Å². The van der Waals surface area contributed by atoms with Gasteiger partial charge in [0.1, 0.15) is 17.9 Å². The van der Waals surface area contributed by atoms with Crippen molar-refractivity contribution in [1.82, 2.24) is 10.3 Å². The molecule has 0 radical (unpaired) electrons. The minimum Gasteiger partial charge on any atom is -0.489 e. The summed E-state index contributed by atoms with van der Waals surface area (Å²) in [5.74, 6) is 0.132. The monoisotopic (exact) mass is 430 g/mol. The van der Waals surface area contributed by atoms with Gasteiger partial charge in [0, 0.05) is 24.2 Å². The Labute approximate surface area is 186 Å². The summed E-state index contributed by atoms with van der Waals surface area (Å²) in [6.45, 7) is 4.67. The highest BCUT2D eigenvalue weighted by Crippen LogP contribution is 2.33. The topological polar surface area (TPSA) is 88.3 Å². The second-order valence-corrected chi connectivity index (χ2v) is 8.95. The normalized spacial score (nSPS) is 14.5. The van der Waals surface area contributed by atoms with Crippen LogP contribution in [0.2, 0.25) is 0 Å². The number of carbonyl (C=O) groups is 2. The van der Waals surface area contributed by atoms with Gasteiger partial charge < -0.3 is 15.0 Å². The molecule has 0 saturated carbocycles. The lowest BCUT2D eigenvalue weighted by atomic mass is 9.75. The van der Waals surface area contributed by atoms with E-state index in [1.807, 2.05) is 68.4 Å². The number of ketones is 1. The van der Waals surface area contributed by atoms with Gasteiger partial charge in [-0.05, 0) is 41.2 Å². The molecule has 6 heteroatoms. The van der Waals surface area contributed by atoms with Crippen molar-refractivity contribution in [3.8, 4) is 5.75 Å². The Morgan fingerprint density at radius 1 is 1.00 bits per heavy atom. The molecular formula is C26H26N2O4. The summed E-state index contributed by atoms with van der Waals surface area (Å²) >= 11 is 0. The molecule has 1 aliphatic carbocycles. The minimum atomic E-state index is -0.512. The Morgan fingerprint density at radius 3 is 2.53 bits per heavy atom. The van der Waals surface area contributed by atoms with Gasteiger partial charge in [0.25, 0.3) is 11.5 Å². The number of nitrogens with one attached hydrogen (secondary N) is 2. The number of pyridine rings is 1. The Bertz CT molecular complexity index is 1210. The van der Waals surface area contributed by atoms with E-state index in [9.17, 15) is 14.4 Å². The van der Waals surface area contributed by atoms with Crippen LogP contribution in [0.25, 0.3) is 0 Å². The number of aromatic amines is 1. The van der Waals surface area contributed by atoms with Crippen LogP contribution in [-0.2, 0) is 19.6 Å². The van der Waals surface area contributed by atoms with Crippen LogP contribution in [0.3, 0.4) is 0 Å². The molecule has 3 aromatic rings. The van der Waals surface area contributed by atoms with Gasteiger partial charge in [-0.15, -0.1) is 0 Å². The number of H-pyrrole nitrogens is 1. The molecule has 1 aliphatic rings. The molecule has 164 valence electrons. The maximum absolute atomic E-state index is 12.7. The molecule has 0 saturated heterocycles. The van der Waals surface area contributed by atoms with Crippen molar-refractivity contribution >= 4 is 11.7 Å². The molecule has 1 amide bonds. The zero-order chi connectivity index (χ0) is 22.7. The molecule has 32 heavy (non-hydrogen) atoms. The van der Waals surface area contributed by atoms with Crippen LogP contribution in [0.15, 0.2) is 65.5 Å². The van der Waals surface area contributed by atoms with Crippen molar-refractivity contribution in [1.29, 1.82) is 0 Å². The summed E-state index contributed by atoms with van der Waals surface area (Å²) < 4.78 is 5.83. The molecule has 1 aromatic heterocycles. The smallest absolute Gasteiger partial charge is 0.261 e. The molecule has 0 fully saturated rings. The van der Waals surface area contributed by atoms with Crippen molar-refractivity contribution in [2.75, 3.05) is 0 Å². The highest BCUT2D eigenvalue weighted by molar-refractivity contribution is 6.02. The number of hydrogen-bond donors (Lipinski definition) is 2. The number of fused-ring (bicyclic) bond motifs is 1. The van der Waals surface area contributed by atoms with E-state index in [0.717, 1.165) is 11.1 Å². The Hall–Kier alpha value is -3.67. The summed E-state index contributed by atoms with van der Waals surface area (Å²) in [6, 6.07) is 18.7. The number of Topliss-reactive ketones (excluding diaryl/α,β-unsaturated/α-hetero) is 1. The van der Waals surface area contributed by atoms with Gasteiger partial charge in [-0.3, -0.25) is 14.4 Å². The van der Waals surface area contributed by atoms with Gasteiger partial charge in [-0.2, -0.15) is 0 Å². The van der Waals surface area contributed by atoms with Gasteiger partial charge >= 0.3 is 0 Å². The highest BCUT2D eigenvalue weighted by Gasteiger charge is 2.32. The second kappa shape index (κ2) is 8.83. The largest absolute Gasteiger partial charge is 0.489 e. The minimum absolute atomic E-state index is 0.0479. The van der Waals surface area contributed by atoms with Crippen LogP contribution in [-0.4, -0.2) is 16.7 Å². The van der Waals surface area contributed by atoms with E-state index in [2.05, 4.69) is 10.3 Å². The molecule has 2 aromatic carbocycles. The Balaban J connectivity index is 1.43. The molecule has 0 spiro atoms. The van der Waals surface area contributed by atoms with E-state index in [1.54, 1.807) is 0 Å². The Kier molecular flexibility index (Phi) is 5.95. The first kappa shape index (κ1) is 21.6. The second-order valence-electron chi connectivity index (χ2n) is 8.95. The van der Waals surface area contributed by atoms with Gasteiger partial charge in [0.2, 0.25) is 0 Å². The lowest BCUT2D eigenvalue weighted by Gasteiger charge is -2.29.